The molecule has 0 saturated heterocycles. The number of rotatable bonds is 8. The van der Waals surface area contributed by atoms with E-state index in [2.05, 4.69) is 42.2 Å². The molecule has 0 aliphatic rings. The van der Waals surface area contributed by atoms with Gasteiger partial charge in [0, 0.05) is 50.4 Å². The smallest absolute Gasteiger partial charge is 0.0663 e. The van der Waals surface area contributed by atoms with Crippen molar-refractivity contribution in [1.82, 2.24) is 10.3 Å². The monoisotopic (exact) mass is 251 g/mol. The van der Waals surface area contributed by atoms with Gasteiger partial charge in [0.05, 0.1) is 6.61 Å². The van der Waals surface area contributed by atoms with Crippen molar-refractivity contribution in [3.05, 3.63) is 24.0 Å². The number of nitrogens with zero attached hydrogens (tertiary/aromatic N) is 2. The number of nitrogens with one attached hydrogen (secondary N) is 1. The third kappa shape index (κ3) is 4.27. The first-order chi connectivity index (χ1) is 8.70. The third-order valence-electron chi connectivity index (χ3n) is 3.07. The van der Waals surface area contributed by atoms with Crippen molar-refractivity contribution in [3.8, 4) is 0 Å². The summed E-state index contributed by atoms with van der Waals surface area (Å²) >= 11 is 0. The molecule has 0 bridgehead atoms. The minimum absolute atomic E-state index is 0.349. The average molecular weight is 251 g/mol. The fourth-order valence-electron chi connectivity index (χ4n) is 1.89. The minimum Gasteiger partial charge on any atom is -0.383 e. The van der Waals surface area contributed by atoms with E-state index in [0.29, 0.717) is 6.04 Å². The van der Waals surface area contributed by atoms with Crippen LogP contribution in [0.15, 0.2) is 18.5 Å². The number of pyridine rings is 1. The fraction of sp³-hybridized carbons (Fsp3) is 0.643. The molecule has 0 amide bonds. The first kappa shape index (κ1) is 14.9. The molecule has 18 heavy (non-hydrogen) atoms. The Morgan fingerprint density at radius 1 is 1.50 bits per heavy atom. The van der Waals surface area contributed by atoms with Crippen LogP contribution >= 0.6 is 0 Å². The second-order valence-electron chi connectivity index (χ2n) is 4.60. The van der Waals surface area contributed by atoms with E-state index in [0.717, 1.165) is 26.1 Å². The van der Waals surface area contributed by atoms with Crippen LogP contribution in [0.3, 0.4) is 0 Å². The predicted octanol–water partition coefficient (Wildman–Crippen LogP) is 2.05. The van der Waals surface area contributed by atoms with Gasteiger partial charge in [-0.2, -0.15) is 0 Å². The van der Waals surface area contributed by atoms with Crippen LogP contribution in [0.25, 0.3) is 0 Å². The van der Waals surface area contributed by atoms with Gasteiger partial charge in [0.2, 0.25) is 0 Å². The van der Waals surface area contributed by atoms with Gasteiger partial charge in [-0.15, -0.1) is 0 Å². The van der Waals surface area contributed by atoms with E-state index in [-0.39, 0.29) is 0 Å². The van der Waals surface area contributed by atoms with Crippen LogP contribution in [-0.2, 0) is 11.3 Å². The van der Waals surface area contributed by atoms with Crippen molar-refractivity contribution in [2.45, 2.75) is 32.9 Å². The first-order valence-corrected chi connectivity index (χ1v) is 6.56. The Kier molecular flexibility index (Phi) is 6.68. The number of hydrogen-bond donors (Lipinski definition) is 1. The summed E-state index contributed by atoms with van der Waals surface area (Å²) in [6, 6.07) is 2.41. The number of likely N-dealkylation sites (N-methyl/N-ethyl adjacent to an activating group) is 1. The van der Waals surface area contributed by atoms with Crippen molar-refractivity contribution in [2.75, 3.05) is 32.2 Å². The van der Waals surface area contributed by atoms with Crippen LogP contribution < -0.4 is 10.2 Å². The summed E-state index contributed by atoms with van der Waals surface area (Å²) in [6.07, 6.45) is 4.92. The van der Waals surface area contributed by atoms with Crippen molar-refractivity contribution >= 4 is 5.69 Å². The van der Waals surface area contributed by atoms with Gasteiger partial charge >= 0.3 is 0 Å². The lowest BCUT2D eigenvalue weighted by molar-refractivity contribution is 0.183. The highest BCUT2D eigenvalue weighted by molar-refractivity contribution is 5.52. The zero-order valence-electron chi connectivity index (χ0n) is 11.9. The van der Waals surface area contributed by atoms with Crippen molar-refractivity contribution < 1.29 is 4.74 Å². The van der Waals surface area contributed by atoms with Crippen molar-refractivity contribution in [1.29, 1.82) is 0 Å². The van der Waals surface area contributed by atoms with E-state index in [1.807, 2.05) is 12.4 Å². The van der Waals surface area contributed by atoms with Gasteiger partial charge in [0.1, 0.15) is 0 Å². The summed E-state index contributed by atoms with van der Waals surface area (Å²) in [7, 11) is 3.84. The maximum atomic E-state index is 5.21. The highest BCUT2D eigenvalue weighted by Gasteiger charge is 2.13. The molecule has 0 saturated carbocycles. The van der Waals surface area contributed by atoms with E-state index >= 15 is 0 Å². The van der Waals surface area contributed by atoms with E-state index in [9.17, 15) is 0 Å². The lowest BCUT2D eigenvalue weighted by Crippen LogP contribution is -2.33. The molecule has 0 aliphatic carbocycles. The Bertz CT molecular complexity index is 344. The van der Waals surface area contributed by atoms with Gasteiger partial charge in [-0.25, -0.2) is 0 Å². The largest absolute Gasteiger partial charge is 0.383 e. The molecule has 0 aromatic carbocycles. The van der Waals surface area contributed by atoms with Crippen LogP contribution in [0.2, 0.25) is 0 Å². The molecule has 102 valence electrons. The fourth-order valence-corrected chi connectivity index (χ4v) is 1.89. The molecule has 4 nitrogen and oxygen atoms in total. The standard InChI is InChI=1S/C14H25N3O/c1-5-7-15-9-13-10-16-8-6-14(13)17(3)12(2)11-18-4/h6,8,10,12,15H,5,7,9,11H2,1-4H3. The molecule has 1 rings (SSSR count). The maximum absolute atomic E-state index is 5.21. The van der Waals surface area contributed by atoms with Crippen molar-refractivity contribution in [3.63, 3.8) is 0 Å². The number of aromatic nitrogens is 1. The third-order valence-corrected chi connectivity index (χ3v) is 3.07. The molecule has 0 fully saturated rings. The summed E-state index contributed by atoms with van der Waals surface area (Å²) in [5, 5.41) is 3.42. The van der Waals surface area contributed by atoms with E-state index in [1.165, 1.54) is 11.3 Å². The van der Waals surface area contributed by atoms with Crippen molar-refractivity contribution in [2.24, 2.45) is 0 Å². The van der Waals surface area contributed by atoms with E-state index in [4.69, 9.17) is 4.74 Å². The SMILES string of the molecule is CCCNCc1cnccc1N(C)C(C)COC. The lowest BCUT2D eigenvalue weighted by atomic mass is 10.2. The number of ether oxygens (including phenoxy) is 1. The maximum Gasteiger partial charge on any atom is 0.0663 e. The average Bonchev–Trinajstić information content (AvgIpc) is 2.39. The molecular weight excluding hydrogens is 226 g/mol. The number of anilines is 1. The highest BCUT2D eigenvalue weighted by atomic mass is 16.5. The molecule has 1 aromatic heterocycles. The summed E-state index contributed by atoms with van der Waals surface area (Å²) in [4.78, 5) is 6.46. The first-order valence-electron chi connectivity index (χ1n) is 6.56. The zero-order valence-corrected chi connectivity index (χ0v) is 11.9. The predicted molar refractivity (Wildman–Crippen MR) is 76.0 cm³/mol. The summed E-state index contributed by atoms with van der Waals surface area (Å²) in [5.74, 6) is 0. The Hall–Kier alpha value is -1.13. The summed E-state index contributed by atoms with van der Waals surface area (Å²) < 4.78 is 5.21. The van der Waals surface area contributed by atoms with Crippen LogP contribution in [0.4, 0.5) is 5.69 Å². The minimum atomic E-state index is 0.349. The zero-order chi connectivity index (χ0) is 13.4. The molecule has 1 unspecified atom stereocenters. The van der Waals surface area contributed by atoms with Gasteiger partial charge in [-0.05, 0) is 26.0 Å². The summed E-state index contributed by atoms with van der Waals surface area (Å²) in [6.45, 7) is 6.95. The summed E-state index contributed by atoms with van der Waals surface area (Å²) in [5.41, 5.74) is 2.45. The van der Waals surface area contributed by atoms with Gasteiger partial charge < -0.3 is 15.0 Å². The Balaban J connectivity index is 2.73. The molecule has 0 radical (unpaired) electrons. The van der Waals surface area contributed by atoms with Gasteiger partial charge in [-0.1, -0.05) is 6.92 Å². The molecule has 1 heterocycles. The molecule has 1 atom stereocenters. The molecule has 0 aliphatic heterocycles. The Morgan fingerprint density at radius 2 is 2.28 bits per heavy atom. The molecule has 4 heteroatoms. The number of hydrogen-bond acceptors (Lipinski definition) is 4. The topological polar surface area (TPSA) is 37.4 Å². The van der Waals surface area contributed by atoms with Gasteiger partial charge in [0.25, 0.3) is 0 Å². The van der Waals surface area contributed by atoms with Crippen LogP contribution in [0, 0.1) is 0 Å². The van der Waals surface area contributed by atoms with Gasteiger partial charge in [-0.3, -0.25) is 4.98 Å². The van der Waals surface area contributed by atoms with E-state index in [1.54, 1.807) is 7.11 Å². The Morgan fingerprint density at radius 3 is 2.94 bits per heavy atom. The van der Waals surface area contributed by atoms with Crippen LogP contribution in [0.5, 0.6) is 0 Å². The van der Waals surface area contributed by atoms with Crippen LogP contribution in [0.1, 0.15) is 25.8 Å². The lowest BCUT2D eigenvalue weighted by Gasteiger charge is -2.28. The second-order valence-corrected chi connectivity index (χ2v) is 4.60. The quantitative estimate of drug-likeness (QED) is 0.718. The van der Waals surface area contributed by atoms with Crippen LogP contribution in [-0.4, -0.2) is 38.3 Å². The highest BCUT2D eigenvalue weighted by Crippen LogP contribution is 2.20. The molecule has 1 N–H and O–H groups in total. The van der Waals surface area contributed by atoms with Gasteiger partial charge in [0.15, 0.2) is 0 Å². The molecule has 1 aromatic rings. The Labute approximate surface area is 110 Å². The second kappa shape index (κ2) is 8.06. The van der Waals surface area contributed by atoms with E-state index < -0.39 is 0 Å². The molecular formula is C14H25N3O. The normalized spacial score (nSPS) is 12.4. The number of methoxy groups -OCH3 is 1. The molecule has 0 spiro atoms.